The molecule has 180 valence electrons. The maximum atomic E-state index is 13.7. The minimum absolute atomic E-state index is 0.0175. The van der Waals surface area contributed by atoms with Crippen molar-refractivity contribution in [1.29, 1.82) is 0 Å². The summed E-state index contributed by atoms with van der Waals surface area (Å²) in [4.78, 5) is 61.6. The number of aryl methyl sites for hydroxylation is 1. The van der Waals surface area contributed by atoms with Gasteiger partial charge in [0.1, 0.15) is 23.4 Å². The van der Waals surface area contributed by atoms with Crippen molar-refractivity contribution in [1.82, 2.24) is 10.2 Å². The summed E-state index contributed by atoms with van der Waals surface area (Å²) in [5.41, 5.74) is 1.05. The largest absolute Gasteiger partial charge is 0.351 e. The van der Waals surface area contributed by atoms with Crippen molar-refractivity contribution >= 4 is 40.9 Å². The lowest BCUT2D eigenvalue weighted by atomic mass is 10.0. The van der Waals surface area contributed by atoms with E-state index in [1.165, 1.54) is 0 Å². The van der Waals surface area contributed by atoms with Gasteiger partial charge in [0.05, 0.1) is 5.69 Å². The first kappa shape index (κ1) is 23.7. The lowest BCUT2D eigenvalue weighted by molar-refractivity contribution is -0.149. The summed E-state index contributed by atoms with van der Waals surface area (Å²) in [5.74, 6) is -4.58. The summed E-state index contributed by atoms with van der Waals surface area (Å²) in [5, 5.41) is 7.37. The lowest BCUT2D eigenvalue weighted by Gasteiger charge is -2.28. The number of nitrogens with zero attached hydrogens (tertiary/aromatic N) is 1. The van der Waals surface area contributed by atoms with Gasteiger partial charge in [-0.1, -0.05) is 12.1 Å². The zero-order valence-electron chi connectivity index (χ0n) is 18.3. The van der Waals surface area contributed by atoms with Crippen LogP contribution in [0.1, 0.15) is 24.8 Å². The number of imide groups is 2. The molecular formula is C24H20F2N4O5. The van der Waals surface area contributed by atoms with Crippen LogP contribution in [0.15, 0.2) is 54.2 Å². The molecule has 1 atom stereocenters. The molecule has 2 aliphatic heterocycles. The van der Waals surface area contributed by atoms with Crippen LogP contribution in [0.5, 0.6) is 0 Å². The van der Waals surface area contributed by atoms with Gasteiger partial charge in [0.2, 0.25) is 17.7 Å². The molecule has 11 heteroatoms. The first-order valence-electron chi connectivity index (χ1n) is 10.7. The Balaban J connectivity index is 1.36. The van der Waals surface area contributed by atoms with Crippen LogP contribution < -0.4 is 16.0 Å². The summed E-state index contributed by atoms with van der Waals surface area (Å²) < 4.78 is 26.7. The SMILES string of the molecule is O=C1CCC(N2C(=O)C=C(Nc3cccc(CCC(=O)Nc4ccc(F)cc4F)c3)C2=O)C(=O)N1. The Morgan fingerprint density at radius 1 is 1.09 bits per heavy atom. The van der Waals surface area contributed by atoms with E-state index in [0.717, 1.165) is 28.7 Å². The number of carbonyl (C=O) groups excluding carboxylic acids is 5. The fraction of sp³-hybridized carbons (Fsp3) is 0.208. The smallest absolute Gasteiger partial charge is 0.278 e. The van der Waals surface area contributed by atoms with E-state index in [4.69, 9.17) is 0 Å². The molecule has 1 fully saturated rings. The number of hydrogen-bond acceptors (Lipinski definition) is 6. The number of nitrogens with one attached hydrogen (secondary N) is 3. The van der Waals surface area contributed by atoms with E-state index in [9.17, 15) is 32.8 Å². The number of anilines is 2. The lowest BCUT2D eigenvalue weighted by Crippen LogP contribution is -2.54. The summed E-state index contributed by atoms with van der Waals surface area (Å²) in [6, 6.07) is 8.58. The van der Waals surface area contributed by atoms with Crippen LogP contribution in [0.3, 0.4) is 0 Å². The van der Waals surface area contributed by atoms with Gasteiger partial charge in [0.25, 0.3) is 11.8 Å². The van der Waals surface area contributed by atoms with Crippen LogP contribution >= 0.6 is 0 Å². The van der Waals surface area contributed by atoms with E-state index in [1.807, 2.05) is 0 Å². The summed E-state index contributed by atoms with van der Waals surface area (Å²) >= 11 is 0. The van der Waals surface area contributed by atoms with E-state index in [-0.39, 0.29) is 30.6 Å². The van der Waals surface area contributed by atoms with Crippen molar-refractivity contribution in [2.75, 3.05) is 10.6 Å². The second-order valence-electron chi connectivity index (χ2n) is 8.04. The van der Waals surface area contributed by atoms with Crippen LogP contribution in [-0.2, 0) is 30.4 Å². The van der Waals surface area contributed by atoms with E-state index in [0.29, 0.717) is 18.2 Å². The third-order valence-electron chi connectivity index (χ3n) is 5.53. The Kier molecular flexibility index (Phi) is 6.67. The number of amides is 5. The molecule has 2 aromatic rings. The molecule has 0 radical (unpaired) electrons. The quantitative estimate of drug-likeness (QED) is 0.519. The Labute approximate surface area is 198 Å². The van der Waals surface area contributed by atoms with Gasteiger partial charge < -0.3 is 10.6 Å². The second-order valence-corrected chi connectivity index (χ2v) is 8.04. The Hall–Kier alpha value is -4.41. The third kappa shape index (κ3) is 5.40. The Bertz CT molecular complexity index is 1280. The maximum Gasteiger partial charge on any atom is 0.278 e. The monoisotopic (exact) mass is 482 g/mol. The number of hydrogen-bond donors (Lipinski definition) is 3. The van der Waals surface area contributed by atoms with Gasteiger partial charge in [-0.15, -0.1) is 0 Å². The molecule has 35 heavy (non-hydrogen) atoms. The first-order valence-corrected chi connectivity index (χ1v) is 10.7. The summed E-state index contributed by atoms with van der Waals surface area (Å²) in [6.45, 7) is 0. The number of benzene rings is 2. The zero-order valence-corrected chi connectivity index (χ0v) is 18.3. The van der Waals surface area contributed by atoms with Crippen molar-refractivity contribution in [3.63, 3.8) is 0 Å². The zero-order chi connectivity index (χ0) is 25.1. The average molecular weight is 482 g/mol. The third-order valence-corrected chi connectivity index (χ3v) is 5.53. The molecule has 4 rings (SSSR count). The predicted octanol–water partition coefficient (Wildman–Crippen LogP) is 2.01. The number of carbonyl (C=O) groups is 5. The number of halogens is 2. The van der Waals surface area contributed by atoms with Crippen LogP contribution in [0, 0.1) is 11.6 Å². The Morgan fingerprint density at radius 3 is 2.63 bits per heavy atom. The second kappa shape index (κ2) is 9.84. The average Bonchev–Trinajstić information content (AvgIpc) is 3.07. The van der Waals surface area contributed by atoms with Gasteiger partial charge in [-0.05, 0) is 42.7 Å². The van der Waals surface area contributed by atoms with Gasteiger partial charge in [0, 0.05) is 30.7 Å². The fourth-order valence-electron chi connectivity index (χ4n) is 3.82. The molecule has 0 aromatic heterocycles. The van der Waals surface area contributed by atoms with Crippen molar-refractivity contribution in [3.8, 4) is 0 Å². The van der Waals surface area contributed by atoms with Crippen molar-refractivity contribution in [2.45, 2.75) is 31.7 Å². The topological polar surface area (TPSA) is 125 Å². The molecule has 2 aromatic carbocycles. The molecule has 9 nitrogen and oxygen atoms in total. The van der Waals surface area contributed by atoms with Crippen LogP contribution in [0.2, 0.25) is 0 Å². The molecule has 1 unspecified atom stereocenters. The highest BCUT2D eigenvalue weighted by molar-refractivity contribution is 6.20. The van der Waals surface area contributed by atoms with E-state index in [1.54, 1.807) is 24.3 Å². The molecule has 0 spiro atoms. The summed E-state index contributed by atoms with van der Waals surface area (Å²) in [6.07, 6.45) is 1.48. The first-order chi connectivity index (χ1) is 16.7. The molecular weight excluding hydrogens is 462 g/mol. The predicted molar refractivity (Wildman–Crippen MR) is 119 cm³/mol. The number of piperidine rings is 1. The Morgan fingerprint density at radius 2 is 1.89 bits per heavy atom. The highest BCUT2D eigenvalue weighted by atomic mass is 19.1. The van der Waals surface area contributed by atoms with Gasteiger partial charge in [-0.2, -0.15) is 0 Å². The number of rotatable bonds is 7. The standard InChI is InChI=1S/C24H20F2N4O5/c25-14-5-6-17(16(26)11-14)28-20(31)8-4-13-2-1-3-15(10-13)27-18-12-22(33)30(24(18)35)19-7-9-21(32)29-23(19)34/h1-3,5-6,10-12,19,27H,4,7-9H2,(H,28,31)(H,29,32,34). The minimum atomic E-state index is -1.06. The van der Waals surface area contributed by atoms with Gasteiger partial charge >= 0.3 is 0 Å². The van der Waals surface area contributed by atoms with Crippen LogP contribution in [0.4, 0.5) is 20.2 Å². The minimum Gasteiger partial charge on any atom is -0.351 e. The summed E-state index contributed by atoms with van der Waals surface area (Å²) in [7, 11) is 0. The molecule has 1 saturated heterocycles. The molecule has 0 aliphatic carbocycles. The van der Waals surface area contributed by atoms with E-state index < -0.39 is 47.2 Å². The van der Waals surface area contributed by atoms with Crippen molar-refractivity contribution < 1.29 is 32.8 Å². The maximum absolute atomic E-state index is 13.7. The molecule has 2 aliphatic rings. The van der Waals surface area contributed by atoms with Crippen molar-refractivity contribution in [3.05, 3.63) is 71.4 Å². The normalized spacial score (nSPS) is 17.8. The van der Waals surface area contributed by atoms with E-state index in [2.05, 4.69) is 16.0 Å². The van der Waals surface area contributed by atoms with Gasteiger partial charge in [-0.25, -0.2) is 8.78 Å². The van der Waals surface area contributed by atoms with Gasteiger partial charge in [0.15, 0.2) is 0 Å². The van der Waals surface area contributed by atoms with Crippen LogP contribution in [0.25, 0.3) is 0 Å². The van der Waals surface area contributed by atoms with Gasteiger partial charge in [-0.3, -0.25) is 34.2 Å². The van der Waals surface area contributed by atoms with Crippen molar-refractivity contribution in [2.24, 2.45) is 0 Å². The fourth-order valence-corrected chi connectivity index (χ4v) is 3.82. The molecule has 0 saturated carbocycles. The van der Waals surface area contributed by atoms with Crippen LogP contribution in [-0.4, -0.2) is 40.5 Å². The molecule has 0 bridgehead atoms. The van der Waals surface area contributed by atoms with E-state index >= 15 is 0 Å². The highest BCUT2D eigenvalue weighted by Gasteiger charge is 2.42. The molecule has 2 heterocycles. The highest BCUT2D eigenvalue weighted by Crippen LogP contribution is 2.23. The molecule has 3 N–H and O–H groups in total. The molecule has 5 amide bonds.